The minimum Gasteiger partial charge on any atom is -0.457 e. The van der Waals surface area contributed by atoms with E-state index in [1.54, 1.807) is 26.0 Å². The number of benzene rings is 6. The van der Waals surface area contributed by atoms with Crippen molar-refractivity contribution in [1.29, 1.82) is 0 Å². The van der Waals surface area contributed by atoms with Gasteiger partial charge in [0.1, 0.15) is 11.5 Å². The van der Waals surface area contributed by atoms with E-state index in [4.69, 9.17) is 4.74 Å². The summed E-state index contributed by atoms with van der Waals surface area (Å²) >= 11 is 0. The van der Waals surface area contributed by atoms with Gasteiger partial charge >= 0.3 is 0 Å². The highest BCUT2D eigenvalue weighted by Gasteiger charge is 2.45. The smallest absolute Gasteiger partial charge is 0.261 e. The second-order valence-electron chi connectivity index (χ2n) is 12.5. The van der Waals surface area contributed by atoms with Crippen molar-refractivity contribution in [2.24, 2.45) is 0 Å². The quantitative estimate of drug-likeness (QED) is 0.0558. The molecule has 6 aromatic carbocycles. The first-order chi connectivity index (χ1) is 24.8. The van der Waals surface area contributed by atoms with Crippen molar-refractivity contribution in [3.63, 3.8) is 0 Å². The molecule has 1 aliphatic rings. The maximum atomic E-state index is 15.7. The van der Waals surface area contributed by atoms with Crippen LogP contribution in [0.2, 0.25) is 0 Å². The molecule has 262 valence electrons. The third-order valence-corrected chi connectivity index (χ3v) is 11.7. The lowest BCUT2D eigenvalue weighted by Gasteiger charge is -2.38. The molecule has 0 N–H and O–H groups in total. The fraction of sp³-hybridized carbons (Fsp3) is 0.0769. The molecular weight excluding hydrogens is 716 g/mol. The summed E-state index contributed by atoms with van der Waals surface area (Å²) in [5.41, 5.74) is -4.54. The van der Waals surface area contributed by atoms with Crippen LogP contribution < -0.4 is 37.0 Å². The Bertz CT molecular complexity index is 2220. The van der Waals surface area contributed by atoms with Gasteiger partial charge < -0.3 is 4.74 Å². The zero-order valence-corrected chi connectivity index (χ0v) is 27.8. The molecule has 0 bridgehead atoms. The summed E-state index contributed by atoms with van der Waals surface area (Å²) in [6, 6.07) is 27.9. The van der Waals surface area contributed by atoms with Gasteiger partial charge in [-0.15, -0.1) is 0 Å². The van der Waals surface area contributed by atoms with Crippen LogP contribution >= 0.6 is 7.92 Å². The zero-order chi connectivity index (χ0) is 37.2. The van der Waals surface area contributed by atoms with Crippen LogP contribution in [0.5, 0.6) is 11.5 Å². The SMILES string of the molecule is CC1(C)c2cccc(B(c3c(F)c(F)c(F)c(F)c3F)c3c(F)c(F)c(F)c(F)c3F)c2Oc2c(P(c3ccccc3)c3ccccc3)cccc21. The van der Waals surface area contributed by atoms with Gasteiger partial charge in [-0.1, -0.05) is 111 Å². The second-order valence-corrected chi connectivity index (χ2v) is 14.7. The Morgan fingerprint density at radius 3 is 1.27 bits per heavy atom. The lowest BCUT2D eigenvalue weighted by molar-refractivity contribution is 0.382. The third kappa shape index (κ3) is 5.38. The number of rotatable bonds is 6. The topological polar surface area (TPSA) is 9.23 Å². The van der Waals surface area contributed by atoms with Gasteiger partial charge in [0.2, 0.25) is 0 Å². The van der Waals surface area contributed by atoms with Crippen LogP contribution in [0.1, 0.15) is 25.0 Å². The van der Waals surface area contributed by atoms with Crippen molar-refractivity contribution in [3.05, 3.63) is 166 Å². The van der Waals surface area contributed by atoms with Gasteiger partial charge in [0.15, 0.2) is 58.2 Å². The van der Waals surface area contributed by atoms with Crippen molar-refractivity contribution >= 4 is 46.9 Å². The maximum Gasteiger partial charge on any atom is 0.261 e. The monoisotopic (exact) mass is 738 g/mol. The lowest BCUT2D eigenvalue weighted by atomic mass is 9.35. The Morgan fingerprint density at radius 2 is 0.827 bits per heavy atom. The van der Waals surface area contributed by atoms with E-state index in [0.717, 1.165) is 16.7 Å². The van der Waals surface area contributed by atoms with Crippen LogP contribution in [0.25, 0.3) is 0 Å². The van der Waals surface area contributed by atoms with E-state index in [0.29, 0.717) is 10.9 Å². The highest BCUT2D eigenvalue weighted by Crippen LogP contribution is 2.50. The van der Waals surface area contributed by atoms with Crippen molar-refractivity contribution in [2.45, 2.75) is 19.3 Å². The fourth-order valence-electron chi connectivity index (χ4n) is 6.72. The molecule has 52 heavy (non-hydrogen) atoms. The number of halogens is 10. The molecule has 1 aliphatic heterocycles. The highest BCUT2D eigenvalue weighted by atomic mass is 31.1. The molecule has 0 saturated carbocycles. The zero-order valence-electron chi connectivity index (χ0n) is 27.0. The number of fused-ring (bicyclic) bond motifs is 2. The largest absolute Gasteiger partial charge is 0.457 e. The Labute approximate surface area is 292 Å². The molecule has 13 heteroatoms. The van der Waals surface area contributed by atoms with Crippen molar-refractivity contribution in [2.75, 3.05) is 0 Å². The van der Waals surface area contributed by atoms with E-state index in [2.05, 4.69) is 0 Å². The van der Waals surface area contributed by atoms with E-state index in [1.165, 1.54) is 12.1 Å². The minimum absolute atomic E-state index is 0.222. The van der Waals surface area contributed by atoms with Crippen molar-refractivity contribution in [1.82, 2.24) is 0 Å². The average molecular weight is 738 g/mol. The Kier molecular flexibility index (Phi) is 8.94. The fourth-order valence-corrected chi connectivity index (χ4v) is 9.12. The molecule has 0 aliphatic carbocycles. The molecule has 1 nitrogen and oxygen atoms in total. The first-order valence-electron chi connectivity index (χ1n) is 15.6. The molecular formula is C39H22BF10OP. The highest BCUT2D eigenvalue weighted by molar-refractivity contribution is 7.80. The first kappa shape index (κ1) is 35.3. The second kappa shape index (κ2) is 13.2. The van der Waals surface area contributed by atoms with Crippen LogP contribution in [0, 0.1) is 58.2 Å². The molecule has 7 rings (SSSR count). The van der Waals surface area contributed by atoms with Gasteiger partial charge in [-0.2, -0.15) is 0 Å². The minimum atomic E-state index is -2.79. The summed E-state index contributed by atoms with van der Waals surface area (Å²) in [6.07, 6.45) is 0. The molecule has 6 aromatic rings. The van der Waals surface area contributed by atoms with Gasteiger partial charge in [0.25, 0.3) is 6.71 Å². The molecule has 0 atom stereocenters. The van der Waals surface area contributed by atoms with Crippen LogP contribution in [0.3, 0.4) is 0 Å². The number of hydrogen-bond acceptors (Lipinski definition) is 1. The summed E-state index contributed by atoms with van der Waals surface area (Å²) in [7, 11) is -1.40. The van der Waals surface area contributed by atoms with Crippen molar-refractivity contribution < 1.29 is 48.6 Å². The van der Waals surface area contributed by atoms with Gasteiger partial charge in [0.05, 0.1) is 0 Å². The average Bonchev–Trinajstić information content (AvgIpc) is 3.15. The molecule has 0 spiro atoms. The first-order valence-corrected chi connectivity index (χ1v) is 17.0. The van der Waals surface area contributed by atoms with E-state index in [-0.39, 0.29) is 17.1 Å². The summed E-state index contributed by atoms with van der Waals surface area (Å²) < 4.78 is 157. The summed E-state index contributed by atoms with van der Waals surface area (Å²) in [5.74, 6) is -25.4. The Morgan fingerprint density at radius 1 is 0.442 bits per heavy atom. The molecule has 0 saturated heterocycles. The third-order valence-electron chi connectivity index (χ3n) is 9.24. The van der Waals surface area contributed by atoms with E-state index in [1.807, 2.05) is 66.7 Å². The summed E-state index contributed by atoms with van der Waals surface area (Å²) in [4.78, 5) is 0. The van der Waals surface area contributed by atoms with E-state index >= 15 is 17.6 Å². The van der Waals surface area contributed by atoms with Gasteiger partial charge in [-0.25, -0.2) is 43.9 Å². The molecule has 1 heterocycles. The number of para-hydroxylation sites is 2. The maximum absolute atomic E-state index is 15.7. The molecule has 0 aromatic heterocycles. The lowest BCUT2D eigenvalue weighted by Crippen LogP contribution is -2.58. The van der Waals surface area contributed by atoms with Crippen LogP contribution in [-0.4, -0.2) is 6.71 Å². The van der Waals surface area contributed by atoms with Gasteiger partial charge in [-0.3, -0.25) is 0 Å². The van der Waals surface area contributed by atoms with E-state index < -0.39 is 94.6 Å². The van der Waals surface area contributed by atoms with Crippen LogP contribution in [0.15, 0.2) is 97.1 Å². The molecule has 0 amide bonds. The summed E-state index contributed by atoms with van der Waals surface area (Å²) in [6.45, 7) is 0.707. The molecule has 0 radical (unpaired) electrons. The predicted octanol–water partition coefficient (Wildman–Crippen LogP) is 7.78. The number of hydrogen-bond donors (Lipinski definition) is 0. The summed E-state index contributed by atoms with van der Waals surface area (Å²) in [5, 5.41) is 2.40. The van der Waals surface area contributed by atoms with Gasteiger partial charge in [-0.05, 0) is 24.0 Å². The normalized spacial score (nSPS) is 13.1. The number of ether oxygens (including phenoxy) is 1. The van der Waals surface area contributed by atoms with Crippen LogP contribution in [0.4, 0.5) is 43.9 Å². The predicted molar refractivity (Wildman–Crippen MR) is 181 cm³/mol. The Hall–Kier alpha value is -5.09. The van der Waals surface area contributed by atoms with E-state index in [9.17, 15) is 26.3 Å². The Balaban J connectivity index is 1.56. The van der Waals surface area contributed by atoms with Crippen LogP contribution in [-0.2, 0) is 5.41 Å². The van der Waals surface area contributed by atoms with Gasteiger partial charge in [0, 0.05) is 32.8 Å². The molecule has 0 unspecified atom stereocenters. The van der Waals surface area contributed by atoms with Crippen molar-refractivity contribution in [3.8, 4) is 11.5 Å². The molecule has 0 fully saturated rings. The standard InChI is InChI=1S/C39H22BF10OP/c1-39(2)21-15-9-17-23(40(25-27(41)31(45)35(49)32(46)28(25)42)26-29(43)33(47)36(50)34(48)30(26)44)37(21)51-38-22(39)16-10-18-24(38)52(19-11-5-3-6-12-19)20-13-7-4-8-14-20/h3-18H,1-2H3.